The van der Waals surface area contributed by atoms with Crippen molar-refractivity contribution in [3.63, 3.8) is 0 Å². The number of fused-ring (bicyclic) bond motifs is 7. The van der Waals surface area contributed by atoms with Crippen molar-refractivity contribution in [2.75, 3.05) is 0 Å². The number of nitrogens with two attached hydrogens (primary N) is 1. The van der Waals surface area contributed by atoms with Gasteiger partial charge < -0.3 is 15.9 Å². The summed E-state index contributed by atoms with van der Waals surface area (Å²) in [5, 5.41) is 20.4. The number of carbonyl (C=O) groups is 1. The fourth-order valence-corrected chi connectivity index (χ4v) is 8.65. The van der Waals surface area contributed by atoms with Crippen LogP contribution >= 0.6 is 0 Å². The number of carbonyl (C=O) groups excluding carboxylic acids is 1. The number of aromatic hydroxyl groups is 2. The molecule has 0 unspecified atom stereocenters. The van der Waals surface area contributed by atoms with Crippen LogP contribution in [0.1, 0.15) is 90.7 Å². The molecule has 1 amide bonds. The molecule has 1 aromatic rings. The Hall–Kier alpha value is -1.97. The maximum atomic E-state index is 12.4. The third-order valence-electron chi connectivity index (χ3n) is 11.2. The van der Waals surface area contributed by atoms with Crippen molar-refractivity contribution < 1.29 is 15.0 Å². The van der Waals surface area contributed by atoms with Crippen LogP contribution in [0.4, 0.5) is 0 Å². The molecule has 1 aromatic carbocycles. The van der Waals surface area contributed by atoms with E-state index in [1.165, 1.54) is 17.6 Å². The van der Waals surface area contributed by atoms with Crippen LogP contribution < -0.4 is 5.73 Å². The number of hydrogen-bond donors (Lipinski definition) is 3. The Balaban J connectivity index is 1.62. The average molecular weight is 438 g/mol. The summed E-state index contributed by atoms with van der Waals surface area (Å²) in [5.74, 6) is 0.264. The van der Waals surface area contributed by atoms with Gasteiger partial charge in [0.25, 0.3) is 0 Å². The maximum Gasteiger partial charge on any atom is 0.223 e. The van der Waals surface area contributed by atoms with E-state index >= 15 is 0 Å². The molecule has 0 saturated heterocycles. The van der Waals surface area contributed by atoms with Gasteiger partial charge in [-0.1, -0.05) is 46.3 Å². The SMILES string of the molecule is C[C@@]1(C(N)=O)CC[C@]2(C)CC[C@]3(C)C4=CCc5cc(O)c(O)cc5[C@]4(C)CC[C@@]3(C)[C@@H]2C1. The molecular formula is C28H39NO3. The predicted octanol–water partition coefficient (Wildman–Crippen LogP) is 5.74. The van der Waals surface area contributed by atoms with Crippen molar-refractivity contribution in [1.29, 1.82) is 0 Å². The summed E-state index contributed by atoms with van der Waals surface area (Å²) in [5.41, 5.74) is 9.56. The molecular weight excluding hydrogens is 398 g/mol. The van der Waals surface area contributed by atoms with Gasteiger partial charge in [-0.2, -0.15) is 0 Å². The highest BCUT2D eigenvalue weighted by atomic mass is 16.3. The molecule has 5 rings (SSSR count). The second kappa shape index (κ2) is 6.33. The first-order valence-corrected chi connectivity index (χ1v) is 12.4. The molecule has 0 spiro atoms. The monoisotopic (exact) mass is 437 g/mol. The van der Waals surface area contributed by atoms with Crippen LogP contribution in [0.3, 0.4) is 0 Å². The number of benzene rings is 1. The zero-order valence-electron chi connectivity index (χ0n) is 20.3. The van der Waals surface area contributed by atoms with E-state index in [2.05, 4.69) is 40.7 Å². The predicted molar refractivity (Wildman–Crippen MR) is 126 cm³/mol. The Labute approximate surface area is 192 Å². The lowest BCUT2D eigenvalue weighted by atomic mass is 9.34. The summed E-state index contributed by atoms with van der Waals surface area (Å²) in [6.07, 6.45) is 10.5. The summed E-state index contributed by atoms with van der Waals surface area (Å²) in [6.45, 7) is 11.8. The van der Waals surface area contributed by atoms with Crippen LogP contribution in [0.25, 0.3) is 0 Å². The van der Waals surface area contributed by atoms with Gasteiger partial charge in [0.2, 0.25) is 5.91 Å². The second-order valence-corrected chi connectivity index (χ2v) is 12.7. The third kappa shape index (κ3) is 2.53. The molecule has 174 valence electrons. The molecule has 0 aromatic heterocycles. The number of phenolic OH excluding ortho intramolecular Hbond substituents is 2. The summed E-state index contributed by atoms with van der Waals surface area (Å²) < 4.78 is 0. The first-order valence-electron chi connectivity index (χ1n) is 12.4. The van der Waals surface area contributed by atoms with Crippen molar-refractivity contribution in [2.45, 2.75) is 91.4 Å². The molecule has 4 heteroatoms. The molecule has 0 heterocycles. The van der Waals surface area contributed by atoms with E-state index in [1.54, 1.807) is 12.1 Å². The highest BCUT2D eigenvalue weighted by Crippen LogP contribution is 2.74. The summed E-state index contributed by atoms with van der Waals surface area (Å²) in [7, 11) is 0. The normalized spacial score (nSPS) is 45.0. The van der Waals surface area contributed by atoms with Crippen LogP contribution in [0.15, 0.2) is 23.8 Å². The van der Waals surface area contributed by atoms with Gasteiger partial charge in [0.15, 0.2) is 11.5 Å². The standard InChI is InChI=1S/C28H39NO3/c1-24-8-9-25(2,23(29)32)16-22(24)28(5)13-11-26(3)18-15-20(31)19(30)14-17(18)6-7-21(26)27(28,4)12-10-24/h7,14-15,22,30-31H,6,8-13,16H2,1-5H3,(H2,29,32)/t22-,24-,25-,26+,27-,28+/m1/s1. The lowest BCUT2D eigenvalue weighted by Gasteiger charge is -2.70. The van der Waals surface area contributed by atoms with Crippen LogP contribution in [0.2, 0.25) is 0 Å². The summed E-state index contributed by atoms with van der Waals surface area (Å²) in [4.78, 5) is 12.4. The fraction of sp³-hybridized carbons (Fsp3) is 0.679. The molecule has 4 aliphatic rings. The molecule has 0 radical (unpaired) electrons. The lowest BCUT2D eigenvalue weighted by molar-refractivity contribution is -0.166. The van der Waals surface area contributed by atoms with Gasteiger partial charge in [-0.25, -0.2) is 0 Å². The Morgan fingerprint density at radius 3 is 2.28 bits per heavy atom. The molecule has 4 nitrogen and oxygen atoms in total. The lowest BCUT2D eigenvalue weighted by Crippen LogP contribution is -2.63. The molecule has 6 atom stereocenters. The summed E-state index contributed by atoms with van der Waals surface area (Å²) in [6, 6.07) is 3.55. The Bertz CT molecular complexity index is 1050. The van der Waals surface area contributed by atoms with Crippen LogP contribution in [-0.2, 0) is 16.6 Å². The molecule has 3 fully saturated rings. The minimum absolute atomic E-state index is 0.0227. The molecule has 0 bridgehead atoms. The van der Waals surface area contributed by atoms with Crippen molar-refractivity contribution in [1.82, 2.24) is 0 Å². The minimum atomic E-state index is -0.414. The van der Waals surface area contributed by atoms with Crippen LogP contribution in [0, 0.1) is 27.6 Å². The van der Waals surface area contributed by atoms with E-state index in [0.29, 0.717) is 5.92 Å². The van der Waals surface area contributed by atoms with Crippen molar-refractivity contribution >= 4 is 5.91 Å². The third-order valence-corrected chi connectivity index (χ3v) is 11.2. The van der Waals surface area contributed by atoms with E-state index in [1.807, 2.05) is 0 Å². The van der Waals surface area contributed by atoms with Gasteiger partial charge >= 0.3 is 0 Å². The minimum Gasteiger partial charge on any atom is -0.504 e. The Morgan fingerprint density at radius 2 is 1.59 bits per heavy atom. The molecule has 4 N–H and O–H groups in total. The molecule has 32 heavy (non-hydrogen) atoms. The average Bonchev–Trinajstić information content (AvgIpc) is 2.73. The van der Waals surface area contributed by atoms with E-state index in [0.717, 1.165) is 50.5 Å². The number of phenols is 2. The van der Waals surface area contributed by atoms with Gasteiger partial charge in [-0.3, -0.25) is 4.79 Å². The molecule has 4 aliphatic carbocycles. The number of allylic oxidation sites excluding steroid dienone is 2. The fourth-order valence-electron chi connectivity index (χ4n) is 8.65. The largest absolute Gasteiger partial charge is 0.504 e. The molecule has 0 aliphatic heterocycles. The van der Waals surface area contributed by atoms with E-state index < -0.39 is 5.41 Å². The first-order chi connectivity index (χ1) is 14.8. The van der Waals surface area contributed by atoms with Gasteiger partial charge in [0.05, 0.1) is 0 Å². The number of rotatable bonds is 1. The molecule has 3 saturated carbocycles. The van der Waals surface area contributed by atoms with Crippen molar-refractivity contribution in [2.24, 2.45) is 33.3 Å². The van der Waals surface area contributed by atoms with Gasteiger partial charge in [-0.15, -0.1) is 0 Å². The van der Waals surface area contributed by atoms with E-state index in [9.17, 15) is 15.0 Å². The van der Waals surface area contributed by atoms with Crippen molar-refractivity contribution in [3.8, 4) is 11.5 Å². The quantitative estimate of drug-likeness (QED) is 0.387. The zero-order chi connectivity index (χ0) is 23.3. The van der Waals surface area contributed by atoms with Crippen LogP contribution in [0.5, 0.6) is 11.5 Å². The van der Waals surface area contributed by atoms with Crippen LogP contribution in [-0.4, -0.2) is 16.1 Å². The topological polar surface area (TPSA) is 83.6 Å². The van der Waals surface area contributed by atoms with E-state index in [-0.39, 0.29) is 39.1 Å². The number of amides is 1. The van der Waals surface area contributed by atoms with Gasteiger partial charge in [0.1, 0.15) is 0 Å². The number of hydrogen-bond acceptors (Lipinski definition) is 3. The highest BCUT2D eigenvalue weighted by molar-refractivity contribution is 5.80. The Kier molecular flexibility index (Phi) is 4.32. The van der Waals surface area contributed by atoms with E-state index in [4.69, 9.17) is 5.73 Å². The summed E-state index contributed by atoms with van der Waals surface area (Å²) >= 11 is 0. The number of primary amides is 1. The highest BCUT2D eigenvalue weighted by Gasteiger charge is 2.66. The smallest absolute Gasteiger partial charge is 0.223 e. The van der Waals surface area contributed by atoms with Gasteiger partial charge in [0, 0.05) is 10.8 Å². The maximum absolute atomic E-state index is 12.4. The zero-order valence-corrected chi connectivity index (χ0v) is 20.3. The van der Waals surface area contributed by atoms with Gasteiger partial charge in [-0.05, 0) is 96.8 Å². The van der Waals surface area contributed by atoms with Crippen molar-refractivity contribution in [3.05, 3.63) is 34.9 Å². The Morgan fingerprint density at radius 1 is 0.938 bits per heavy atom. The second-order valence-electron chi connectivity index (χ2n) is 12.7. The first kappa shape index (κ1) is 21.9.